The van der Waals surface area contributed by atoms with Gasteiger partial charge in [0.25, 0.3) is 0 Å². The first kappa shape index (κ1) is 19.4. The number of piperidine rings is 1. The lowest BCUT2D eigenvalue weighted by atomic mass is 9.89. The van der Waals surface area contributed by atoms with Crippen molar-refractivity contribution in [1.29, 1.82) is 0 Å². The van der Waals surface area contributed by atoms with Gasteiger partial charge < -0.3 is 10.1 Å². The number of hydrogen-bond donors (Lipinski definition) is 2. The fourth-order valence-corrected chi connectivity index (χ4v) is 3.50. The van der Waals surface area contributed by atoms with Crippen LogP contribution in [0, 0.1) is 0 Å². The summed E-state index contributed by atoms with van der Waals surface area (Å²) in [7, 11) is 0. The molecule has 2 aliphatic heterocycles. The number of nitrogens with one attached hydrogen (secondary N) is 2. The molecule has 0 bridgehead atoms. The van der Waals surface area contributed by atoms with E-state index in [2.05, 4.69) is 10.6 Å². The Balaban J connectivity index is 1.75. The highest BCUT2D eigenvalue weighted by Crippen LogP contribution is 2.29. The van der Waals surface area contributed by atoms with Crippen LogP contribution in [0.2, 0.25) is 0 Å². The predicted molar refractivity (Wildman–Crippen MR) is 100 cm³/mol. The van der Waals surface area contributed by atoms with Crippen LogP contribution >= 0.6 is 0 Å². The van der Waals surface area contributed by atoms with Gasteiger partial charge in [0.1, 0.15) is 5.60 Å². The van der Waals surface area contributed by atoms with Crippen molar-refractivity contribution in [1.82, 2.24) is 15.5 Å². The molecular weight excluding hydrogens is 346 g/mol. The molecule has 7 heteroatoms. The third-order valence-electron chi connectivity index (χ3n) is 4.83. The number of rotatable bonds is 2. The Labute approximate surface area is 159 Å². The molecule has 0 saturated carbocycles. The molecule has 1 aromatic rings. The fraction of sp³-hybridized carbons (Fsp3) is 0.550. The van der Waals surface area contributed by atoms with Gasteiger partial charge in [0.2, 0.25) is 11.8 Å². The highest BCUT2D eigenvalue weighted by molar-refractivity contribution is 6.00. The molecule has 2 N–H and O–H groups in total. The Morgan fingerprint density at radius 1 is 1.15 bits per heavy atom. The zero-order chi connectivity index (χ0) is 19.6. The number of amides is 3. The Bertz CT molecular complexity index is 724. The second kappa shape index (κ2) is 7.68. The van der Waals surface area contributed by atoms with E-state index in [4.69, 9.17) is 4.74 Å². The van der Waals surface area contributed by atoms with Crippen LogP contribution in [0.15, 0.2) is 24.3 Å². The fourth-order valence-electron chi connectivity index (χ4n) is 3.50. The molecule has 7 nitrogen and oxygen atoms in total. The van der Waals surface area contributed by atoms with E-state index in [9.17, 15) is 14.4 Å². The van der Waals surface area contributed by atoms with Crippen LogP contribution in [0.5, 0.6) is 0 Å². The summed E-state index contributed by atoms with van der Waals surface area (Å²) < 4.78 is 5.55. The van der Waals surface area contributed by atoms with Crippen molar-refractivity contribution in [2.75, 3.05) is 19.6 Å². The van der Waals surface area contributed by atoms with E-state index in [0.717, 1.165) is 17.7 Å². The summed E-state index contributed by atoms with van der Waals surface area (Å²) in [6.07, 6.45) is 0.569. The zero-order valence-electron chi connectivity index (χ0n) is 16.1. The van der Waals surface area contributed by atoms with E-state index >= 15 is 0 Å². The van der Waals surface area contributed by atoms with E-state index in [1.54, 1.807) is 4.90 Å². The molecular formula is C20H27N3O4. The summed E-state index contributed by atoms with van der Waals surface area (Å²) in [5.41, 5.74) is 1.34. The molecule has 3 amide bonds. The normalized spacial score (nSPS) is 23.7. The summed E-state index contributed by atoms with van der Waals surface area (Å²) in [6.45, 7) is 7.53. The van der Waals surface area contributed by atoms with E-state index in [-0.39, 0.29) is 29.9 Å². The van der Waals surface area contributed by atoms with Crippen molar-refractivity contribution in [2.45, 2.75) is 51.2 Å². The van der Waals surface area contributed by atoms with Gasteiger partial charge in [-0.25, -0.2) is 4.79 Å². The van der Waals surface area contributed by atoms with E-state index in [0.29, 0.717) is 25.9 Å². The topological polar surface area (TPSA) is 87.7 Å². The lowest BCUT2D eigenvalue weighted by Crippen LogP contribution is -2.50. The summed E-state index contributed by atoms with van der Waals surface area (Å²) in [6, 6.07) is 7.61. The molecule has 2 aliphatic rings. The number of hydrogen-bond acceptors (Lipinski definition) is 5. The number of carbonyl (C=O) groups is 3. The molecule has 146 valence electrons. The third kappa shape index (κ3) is 4.66. The van der Waals surface area contributed by atoms with E-state index in [1.165, 1.54) is 0 Å². The van der Waals surface area contributed by atoms with Gasteiger partial charge in [-0.05, 0) is 38.3 Å². The van der Waals surface area contributed by atoms with Gasteiger partial charge in [0, 0.05) is 26.1 Å². The van der Waals surface area contributed by atoms with E-state index in [1.807, 2.05) is 45.0 Å². The van der Waals surface area contributed by atoms with Crippen LogP contribution in [-0.2, 0) is 14.3 Å². The largest absolute Gasteiger partial charge is 0.444 e. The first-order valence-corrected chi connectivity index (χ1v) is 9.38. The van der Waals surface area contributed by atoms with Crippen LogP contribution in [0.25, 0.3) is 0 Å². The van der Waals surface area contributed by atoms with Crippen molar-refractivity contribution in [3.8, 4) is 0 Å². The van der Waals surface area contributed by atoms with Gasteiger partial charge >= 0.3 is 6.09 Å². The number of benzene rings is 1. The molecule has 2 unspecified atom stereocenters. The molecule has 0 aromatic heterocycles. The highest BCUT2D eigenvalue weighted by atomic mass is 16.6. The van der Waals surface area contributed by atoms with Crippen molar-refractivity contribution < 1.29 is 19.1 Å². The van der Waals surface area contributed by atoms with Gasteiger partial charge in [0.15, 0.2) is 0 Å². The van der Waals surface area contributed by atoms with Gasteiger partial charge in [0.05, 0.1) is 12.0 Å². The van der Waals surface area contributed by atoms with Crippen molar-refractivity contribution >= 4 is 17.9 Å². The lowest BCUT2D eigenvalue weighted by molar-refractivity contribution is -0.134. The smallest absolute Gasteiger partial charge is 0.410 e. The van der Waals surface area contributed by atoms with Crippen LogP contribution in [-0.4, -0.2) is 48.0 Å². The maximum atomic E-state index is 12.6. The minimum absolute atomic E-state index is 0.121. The average Bonchev–Trinajstić information content (AvgIpc) is 2.60. The van der Waals surface area contributed by atoms with Gasteiger partial charge in [-0.2, -0.15) is 0 Å². The van der Waals surface area contributed by atoms with Crippen LogP contribution in [0.4, 0.5) is 4.79 Å². The molecule has 3 rings (SSSR count). The minimum atomic E-state index is -0.540. The lowest BCUT2D eigenvalue weighted by Gasteiger charge is -2.37. The van der Waals surface area contributed by atoms with Crippen LogP contribution in [0.1, 0.15) is 56.7 Å². The first-order valence-electron chi connectivity index (χ1n) is 9.38. The molecule has 0 spiro atoms. The summed E-state index contributed by atoms with van der Waals surface area (Å²) in [5.74, 6) is -0.758. The number of piperazine rings is 1. The number of ether oxygens (including phenoxy) is 1. The van der Waals surface area contributed by atoms with Gasteiger partial charge in [-0.15, -0.1) is 0 Å². The highest BCUT2D eigenvalue weighted by Gasteiger charge is 2.32. The van der Waals surface area contributed by atoms with Crippen LogP contribution in [0.3, 0.4) is 0 Å². The van der Waals surface area contributed by atoms with Gasteiger partial charge in [-0.3, -0.25) is 19.8 Å². The first-order chi connectivity index (χ1) is 12.7. The minimum Gasteiger partial charge on any atom is -0.444 e. The summed E-state index contributed by atoms with van der Waals surface area (Å²) in [5, 5.41) is 5.71. The Kier molecular flexibility index (Phi) is 5.51. The number of carbonyl (C=O) groups excluding carboxylic acids is 3. The SMILES string of the molecule is CC(C)(C)OC(=O)N1CCNCC1c1ccc(C2CCC(=O)NC2=O)cc1. The molecule has 2 saturated heterocycles. The monoisotopic (exact) mass is 373 g/mol. The zero-order valence-corrected chi connectivity index (χ0v) is 16.1. The second-order valence-corrected chi connectivity index (χ2v) is 8.06. The summed E-state index contributed by atoms with van der Waals surface area (Å²) in [4.78, 5) is 37.7. The average molecular weight is 373 g/mol. The molecule has 27 heavy (non-hydrogen) atoms. The maximum absolute atomic E-state index is 12.6. The van der Waals surface area contributed by atoms with Crippen molar-refractivity contribution in [2.24, 2.45) is 0 Å². The Morgan fingerprint density at radius 2 is 1.81 bits per heavy atom. The Hall–Kier alpha value is -2.41. The molecule has 0 aliphatic carbocycles. The predicted octanol–water partition coefficient (Wildman–Crippen LogP) is 2.09. The molecule has 2 atom stereocenters. The Morgan fingerprint density at radius 3 is 2.44 bits per heavy atom. The summed E-state index contributed by atoms with van der Waals surface area (Å²) >= 11 is 0. The second-order valence-electron chi connectivity index (χ2n) is 8.06. The quantitative estimate of drug-likeness (QED) is 0.775. The maximum Gasteiger partial charge on any atom is 0.410 e. The molecule has 2 heterocycles. The van der Waals surface area contributed by atoms with Gasteiger partial charge in [-0.1, -0.05) is 24.3 Å². The van der Waals surface area contributed by atoms with Crippen molar-refractivity contribution in [3.05, 3.63) is 35.4 Å². The molecule has 2 fully saturated rings. The third-order valence-corrected chi connectivity index (χ3v) is 4.83. The van der Waals surface area contributed by atoms with Crippen molar-refractivity contribution in [3.63, 3.8) is 0 Å². The molecule has 0 radical (unpaired) electrons. The number of imide groups is 1. The molecule has 1 aromatic carbocycles. The van der Waals surface area contributed by atoms with E-state index < -0.39 is 5.60 Å². The van der Waals surface area contributed by atoms with Crippen LogP contribution < -0.4 is 10.6 Å². The number of nitrogens with zero attached hydrogens (tertiary/aromatic N) is 1. The standard InChI is InChI=1S/C20H27N3O4/c1-20(2,3)27-19(26)23-11-10-21-12-16(23)14-6-4-13(5-7-14)15-8-9-17(24)22-18(15)25/h4-7,15-16,21H,8-12H2,1-3H3,(H,22,24,25).